The number of nitrogen functional groups attached to an aromatic ring is 1. The molecule has 0 aliphatic heterocycles. The summed E-state index contributed by atoms with van der Waals surface area (Å²) in [6, 6.07) is 3.38. The average Bonchev–Trinajstić information content (AvgIpc) is 2.58. The molecule has 1 aliphatic carbocycles. The van der Waals surface area contributed by atoms with Crippen molar-refractivity contribution in [2.75, 3.05) is 18.2 Å². The first-order valence-electron chi connectivity index (χ1n) is 7.01. The number of nitrogens with one attached hydrogen (secondary N) is 1. The zero-order valence-corrected chi connectivity index (χ0v) is 11.7. The Hall–Kier alpha value is -1.45. The molecule has 1 aliphatic rings. The molecular weight excluding hydrogens is 243 g/mol. The maximum Gasteiger partial charge on any atom is 0.167 e. The van der Waals surface area contributed by atoms with Gasteiger partial charge < -0.3 is 15.8 Å². The van der Waals surface area contributed by atoms with Crippen molar-refractivity contribution in [3.8, 4) is 5.75 Å². The number of hydrogen-bond acceptors (Lipinski definition) is 3. The molecule has 0 amide bonds. The predicted molar refractivity (Wildman–Crippen MR) is 77.0 cm³/mol. The fourth-order valence-corrected chi connectivity index (χ4v) is 2.76. The summed E-state index contributed by atoms with van der Waals surface area (Å²) in [6.45, 7) is 2.26. The summed E-state index contributed by atoms with van der Waals surface area (Å²) in [5, 5.41) is 3.47. The van der Waals surface area contributed by atoms with Crippen molar-refractivity contribution in [1.82, 2.24) is 0 Å². The van der Waals surface area contributed by atoms with E-state index in [1.165, 1.54) is 38.9 Å². The van der Waals surface area contributed by atoms with Gasteiger partial charge in [-0.25, -0.2) is 4.39 Å². The molecule has 0 radical (unpaired) electrons. The molecule has 0 bridgehead atoms. The Morgan fingerprint density at radius 3 is 2.74 bits per heavy atom. The standard InChI is InChI=1S/C15H23FN2O/c1-10-6-4-3-5-7-13(10)18-14-9-15(19-2)11(16)8-12(14)17/h8-10,13,18H,3-7,17H2,1-2H3. The van der Waals surface area contributed by atoms with Gasteiger partial charge in [0.1, 0.15) is 0 Å². The molecule has 1 fully saturated rings. The van der Waals surface area contributed by atoms with Crippen LogP contribution in [0.3, 0.4) is 0 Å². The van der Waals surface area contributed by atoms with Gasteiger partial charge in [-0.1, -0.05) is 26.2 Å². The van der Waals surface area contributed by atoms with Gasteiger partial charge in [0.2, 0.25) is 0 Å². The number of anilines is 2. The smallest absolute Gasteiger partial charge is 0.167 e. The lowest BCUT2D eigenvalue weighted by Gasteiger charge is -2.25. The Kier molecular flexibility index (Phi) is 4.51. The summed E-state index contributed by atoms with van der Waals surface area (Å²) >= 11 is 0. The number of benzene rings is 1. The summed E-state index contributed by atoms with van der Waals surface area (Å²) in [4.78, 5) is 0. The molecule has 1 saturated carbocycles. The van der Waals surface area contributed by atoms with Crippen LogP contribution >= 0.6 is 0 Å². The van der Waals surface area contributed by atoms with Crippen molar-refractivity contribution < 1.29 is 9.13 Å². The first-order valence-corrected chi connectivity index (χ1v) is 7.01. The predicted octanol–water partition coefficient (Wildman–Crippen LogP) is 3.80. The van der Waals surface area contributed by atoms with Gasteiger partial charge >= 0.3 is 0 Å². The Morgan fingerprint density at radius 1 is 1.26 bits per heavy atom. The number of halogens is 1. The zero-order valence-electron chi connectivity index (χ0n) is 11.7. The van der Waals surface area contributed by atoms with Crippen LogP contribution < -0.4 is 15.8 Å². The number of hydrogen-bond donors (Lipinski definition) is 2. The number of ether oxygens (including phenoxy) is 1. The minimum Gasteiger partial charge on any atom is -0.494 e. The van der Waals surface area contributed by atoms with E-state index in [9.17, 15) is 4.39 Å². The van der Waals surface area contributed by atoms with Crippen LogP contribution in [0.2, 0.25) is 0 Å². The number of nitrogens with two attached hydrogens (primary N) is 1. The van der Waals surface area contributed by atoms with Crippen LogP contribution in [0, 0.1) is 11.7 Å². The largest absolute Gasteiger partial charge is 0.494 e. The maximum absolute atomic E-state index is 13.5. The fraction of sp³-hybridized carbons (Fsp3) is 0.600. The Labute approximate surface area is 114 Å². The Morgan fingerprint density at radius 2 is 2.00 bits per heavy atom. The summed E-state index contributed by atoms with van der Waals surface area (Å²) < 4.78 is 18.5. The van der Waals surface area contributed by atoms with Gasteiger partial charge in [0.25, 0.3) is 0 Å². The lowest BCUT2D eigenvalue weighted by Crippen LogP contribution is -2.26. The second-order valence-electron chi connectivity index (χ2n) is 5.44. The molecule has 1 aromatic carbocycles. The number of methoxy groups -OCH3 is 1. The third-order valence-electron chi connectivity index (χ3n) is 4.03. The quantitative estimate of drug-likeness (QED) is 0.646. The lowest BCUT2D eigenvalue weighted by molar-refractivity contribution is 0.386. The van der Waals surface area contributed by atoms with Crippen LogP contribution in [-0.2, 0) is 0 Å². The molecule has 0 saturated heterocycles. The van der Waals surface area contributed by atoms with Crippen molar-refractivity contribution in [1.29, 1.82) is 0 Å². The van der Waals surface area contributed by atoms with E-state index in [1.807, 2.05) is 0 Å². The normalized spacial score (nSPS) is 23.7. The summed E-state index contributed by atoms with van der Waals surface area (Å²) in [5.74, 6) is 0.426. The van der Waals surface area contributed by atoms with E-state index >= 15 is 0 Å². The topological polar surface area (TPSA) is 47.3 Å². The van der Waals surface area contributed by atoms with Crippen LogP contribution in [0.4, 0.5) is 15.8 Å². The summed E-state index contributed by atoms with van der Waals surface area (Å²) in [5.41, 5.74) is 7.10. The molecule has 3 nitrogen and oxygen atoms in total. The van der Waals surface area contributed by atoms with Crippen LogP contribution in [0.25, 0.3) is 0 Å². The minimum absolute atomic E-state index is 0.234. The van der Waals surface area contributed by atoms with Gasteiger partial charge in [0.05, 0.1) is 18.5 Å². The average molecular weight is 266 g/mol. The molecule has 4 heteroatoms. The fourth-order valence-electron chi connectivity index (χ4n) is 2.76. The molecule has 3 N–H and O–H groups in total. The summed E-state index contributed by atoms with van der Waals surface area (Å²) in [7, 11) is 1.46. The van der Waals surface area contributed by atoms with Gasteiger partial charge in [0, 0.05) is 18.2 Å². The summed E-state index contributed by atoms with van der Waals surface area (Å²) in [6.07, 6.45) is 6.20. The first-order chi connectivity index (χ1) is 9.11. The highest BCUT2D eigenvalue weighted by molar-refractivity contribution is 5.69. The van der Waals surface area contributed by atoms with Crippen LogP contribution in [-0.4, -0.2) is 13.2 Å². The maximum atomic E-state index is 13.5. The molecule has 0 aromatic heterocycles. The van der Waals surface area contributed by atoms with E-state index < -0.39 is 5.82 Å². The van der Waals surface area contributed by atoms with Gasteiger partial charge in [0.15, 0.2) is 11.6 Å². The van der Waals surface area contributed by atoms with Crippen molar-refractivity contribution in [3.63, 3.8) is 0 Å². The van der Waals surface area contributed by atoms with Crippen molar-refractivity contribution >= 4 is 11.4 Å². The van der Waals surface area contributed by atoms with Crippen molar-refractivity contribution in [2.45, 2.75) is 45.1 Å². The third kappa shape index (κ3) is 3.31. The van der Waals surface area contributed by atoms with E-state index in [4.69, 9.17) is 10.5 Å². The molecule has 0 spiro atoms. The molecule has 1 aromatic rings. The zero-order chi connectivity index (χ0) is 13.8. The van der Waals surface area contributed by atoms with Gasteiger partial charge in [-0.15, -0.1) is 0 Å². The second-order valence-corrected chi connectivity index (χ2v) is 5.44. The highest BCUT2D eigenvalue weighted by Crippen LogP contribution is 2.32. The highest BCUT2D eigenvalue weighted by atomic mass is 19.1. The molecule has 19 heavy (non-hydrogen) atoms. The monoisotopic (exact) mass is 266 g/mol. The van der Waals surface area contributed by atoms with Crippen molar-refractivity contribution in [3.05, 3.63) is 17.9 Å². The molecule has 106 valence electrons. The van der Waals surface area contributed by atoms with E-state index in [1.54, 1.807) is 6.07 Å². The number of rotatable bonds is 3. The van der Waals surface area contributed by atoms with E-state index in [0.717, 1.165) is 12.1 Å². The Bertz CT molecular complexity index is 436. The van der Waals surface area contributed by atoms with Crippen molar-refractivity contribution in [2.24, 2.45) is 5.92 Å². The second kappa shape index (κ2) is 6.13. The van der Waals surface area contributed by atoms with Crippen LogP contribution in [0.15, 0.2) is 12.1 Å². The van der Waals surface area contributed by atoms with Gasteiger partial charge in [-0.3, -0.25) is 0 Å². The molecule has 2 unspecified atom stereocenters. The van der Waals surface area contributed by atoms with E-state index in [0.29, 0.717) is 17.6 Å². The molecule has 2 atom stereocenters. The van der Waals surface area contributed by atoms with E-state index in [2.05, 4.69) is 12.2 Å². The van der Waals surface area contributed by atoms with Gasteiger partial charge in [-0.05, 0) is 18.8 Å². The van der Waals surface area contributed by atoms with E-state index in [-0.39, 0.29) is 5.75 Å². The first kappa shape index (κ1) is 14.0. The molecular formula is C15H23FN2O. The Balaban J connectivity index is 2.17. The highest BCUT2D eigenvalue weighted by Gasteiger charge is 2.21. The molecule has 0 heterocycles. The van der Waals surface area contributed by atoms with Crippen LogP contribution in [0.1, 0.15) is 39.0 Å². The third-order valence-corrected chi connectivity index (χ3v) is 4.03. The molecule has 2 rings (SSSR count). The lowest BCUT2D eigenvalue weighted by atomic mass is 9.96. The van der Waals surface area contributed by atoms with Gasteiger partial charge in [-0.2, -0.15) is 0 Å². The SMILES string of the molecule is COc1cc(NC2CCCCCC2C)c(N)cc1F. The minimum atomic E-state index is -0.417. The van der Waals surface area contributed by atoms with Crippen LogP contribution in [0.5, 0.6) is 5.75 Å².